The summed E-state index contributed by atoms with van der Waals surface area (Å²) < 4.78 is 0. The topological polar surface area (TPSA) is 54.4 Å². The van der Waals surface area contributed by atoms with Crippen molar-refractivity contribution in [3.8, 4) is 0 Å². The van der Waals surface area contributed by atoms with Gasteiger partial charge in [-0.1, -0.05) is 30.3 Å². The molecular formula is C16H16O3. The first-order valence-corrected chi connectivity index (χ1v) is 6.59. The fourth-order valence-corrected chi connectivity index (χ4v) is 3.43. The van der Waals surface area contributed by atoms with Crippen LogP contribution in [0.1, 0.15) is 31.7 Å². The number of rotatable bonds is 2. The third kappa shape index (κ3) is 1.69. The minimum atomic E-state index is -1.14. The van der Waals surface area contributed by atoms with Gasteiger partial charge in [0.15, 0.2) is 5.78 Å². The predicted molar refractivity (Wildman–Crippen MR) is 71.3 cm³/mol. The summed E-state index contributed by atoms with van der Waals surface area (Å²) in [7, 11) is 0. The number of carbonyl (C=O) groups is 2. The molecule has 0 aliphatic heterocycles. The zero-order valence-electron chi connectivity index (χ0n) is 10.8. The van der Waals surface area contributed by atoms with Crippen LogP contribution in [0.15, 0.2) is 35.9 Å². The standard InChI is InChI=1S/C16H16O3/c1-10(17)12-9-13-14(18)7-8-16(13,19)15(12)11-5-3-2-4-6-11/h2-6,13,19H,7-9H2,1H3/t13-,16-/m0/s1. The number of benzene rings is 1. The van der Waals surface area contributed by atoms with Gasteiger partial charge in [0.05, 0.1) is 5.92 Å². The average Bonchev–Trinajstić information content (AvgIpc) is 2.85. The van der Waals surface area contributed by atoms with Gasteiger partial charge in [-0.3, -0.25) is 9.59 Å². The van der Waals surface area contributed by atoms with Crippen molar-refractivity contribution in [3.05, 3.63) is 41.5 Å². The highest BCUT2D eigenvalue weighted by molar-refractivity contribution is 6.07. The van der Waals surface area contributed by atoms with Gasteiger partial charge in [0, 0.05) is 12.0 Å². The minimum Gasteiger partial charge on any atom is -0.384 e. The SMILES string of the molecule is CC(=O)C1=C(c2ccccc2)[C@]2(O)CCC(=O)[C@@H]2C1. The van der Waals surface area contributed by atoms with Crippen LogP contribution in [0.25, 0.3) is 5.57 Å². The zero-order valence-corrected chi connectivity index (χ0v) is 10.8. The zero-order chi connectivity index (χ0) is 13.6. The second-order valence-electron chi connectivity index (χ2n) is 5.42. The van der Waals surface area contributed by atoms with Gasteiger partial charge in [-0.05, 0) is 30.9 Å². The number of hydrogen-bond acceptors (Lipinski definition) is 3. The molecule has 0 amide bonds. The lowest BCUT2D eigenvalue weighted by molar-refractivity contribution is -0.122. The molecule has 3 nitrogen and oxygen atoms in total. The third-order valence-electron chi connectivity index (χ3n) is 4.35. The molecule has 0 spiro atoms. The van der Waals surface area contributed by atoms with Crippen molar-refractivity contribution in [2.24, 2.45) is 5.92 Å². The molecule has 2 atom stereocenters. The molecule has 1 N–H and O–H groups in total. The first kappa shape index (κ1) is 12.3. The second-order valence-corrected chi connectivity index (χ2v) is 5.42. The van der Waals surface area contributed by atoms with Crippen LogP contribution in [-0.4, -0.2) is 22.3 Å². The Balaban J connectivity index is 2.18. The Labute approximate surface area is 111 Å². The van der Waals surface area contributed by atoms with Crippen LogP contribution in [0.4, 0.5) is 0 Å². The van der Waals surface area contributed by atoms with Crippen LogP contribution < -0.4 is 0 Å². The average molecular weight is 256 g/mol. The van der Waals surface area contributed by atoms with Crippen molar-refractivity contribution in [1.29, 1.82) is 0 Å². The number of ketones is 2. The number of hydrogen-bond donors (Lipinski definition) is 1. The van der Waals surface area contributed by atoms with Crippen molar-refractivity contribution in [2.45, 2.75) is 31.8 Å². The molecule has 0 aromatic heterocycles. The molecule has 2 aliphatic carbocycles. The quantitative estimate of drug-likeness (QED) is 0.882. The molecule has 1 saturated carbocycles. The molecule has 3 heteroatoms. The molecule has 0 heterocycles. The van der Waals surface area contributed by atoms with Gasteiger partial charge in [-0.15, -0.1) is 0 Å². The Morgan fingerprint density at radius 2 is 2.00 bits per heavy atom. The molecule has 0 saturated heterocycles. The highest BCUT2D eigenvalue weighted by Gasteiger charge is 2.55. The summed E-state index contributed by atoms with van der Waals surface area (Å²) in [6.45, 7) is 1.51. The summed E-state index contributed by atoms with van der Waals surface area (Å²) in [6.07, 6.45) is 1.22. The lowest BCUT2D eigenvalue weighted by Gasteiger charge is -2.26. The van der Waals surface area contributed by atoms with Crippen LogP contribution in [0.3, 0.4) is 0 Å². The van der Waals surface area contributed by atoms with E-state index in [0.29, 0.717) is 30.4 Å². The largest absolute Gasteiger partial charge is 0.384 e. The van der Waals surface area contributed by atoms with Crippen molar-refractivity contribution in [3.63, 3.8) is 0 Å². The monoisotopic (exact) mass is 256 g/mol. The van der Waals surface area contributed by atoms with Crippen molar-refractivity contribution >= 4 is 17.1 Å². The number of carbonyl (C=O) groups excluding carboxylic acids is 2. The van der Waals surface area contributed by atoms with E-state index >= 15 is 0 Å². The molecule has 98 valence electrons. The molecular weight excluding hydrogens is 240 g/mol. The Morgan fingerprint density at radius 3 is 2.63 bits per heavy atom. The van der Waals surface area contributed by atoms with Gasteiger partial charge in [-0.25, -0.2) is 0 Å². The lowest BCUT2D eigenvalue weighted by Crippen LogP contribution is -2.32. The summed E-state index contributed by atoms with van der Waals surface area (Å²) in [5.41, 5.74) is 1.01. The van der Waals surface area contributed by atoms with Gasteiger partial charge in [-0.2, -0.15) is 0 Å². The van der Waals surface area contributed by atoms with Gasteiger partial charge in [0.2, 0.25) is 0 Å². The highest BCUT2D eigenvalue weighted by Crippen LogP contribution is 2.52. The van der Waals surface area contributed by atoms with Crippen molar-refractivity contribution in [2.75, 3.05) is 0 Å². The number of aliphatic hydroxyl groups is 1. The van der Waals surface area contributed by atoms with Gasteiger partial charge in [0.1, 0.15) is 11.4 Å². The van der Waals surface area contributed by atoms with Gasteiger partial charge in [0.25, 0.3) is 0 Å². The van der Waals surface area contributed by atoms with Crippen LogP contribution in [-0.2, 0) is 9.59 Å². The maximum absolute atomic E-state index is 11.9. The van der Waals surface area contributed by atoms with E-state index in [0.717, 1.165) is 5.56 Å². The molecule has 2 aliphatic rings. The minimum absolute atomic E-state index is 0.0468. The van der Waals surface area contributed by atoms with Crippen LogP contribution in [0, 0.1) is 5.92 Å². The molecule has 19 heavy (non-hydrogen) atoms. The predicted octanol–water partition coefficient (Wildman–Crippen LogP) is 2.14. The number of allylic oxidation sites excluding steroid dienone is 1. The summed E-state index contributed by atoms with van der Waals surface area (Å²) in [5.74, 6) is -0.400. The molecule has 0 unspecified atom stereocenters. The Hall–Kier alpha value is -1.74. The van der Waals surface area contributed by atoms with Crippen LogP contribution >= 0.6 is 0 Å². The van der Waals surface area contributed by atoms with E-state index in [1.54, 1.807) is 0 Å². The fraction of sp³-hybridized carbons (Fsp3) is 0.375. The maximum Gasteiger partial charge on any atom is 0.156 e. The molecule has 1 fully saturated rings. The first-order valence-electron chi connectivity index (χ1n) is 6.59. The summed E-state index contributed by atoms with van der Waals surface area (Å²) in [6, 6.07) is 9.44. The van der Waals surface area contributed by atoms with E-state index in [1.165, 1.54) is 6.92 Å². The second kappa shape index (κ2) is 4.14. The number of Topliss-reactive ketones (excluding diaryl/α,β-unsaturated/α-hetero) is 2. The van der Waals surface area contributed by atoms with Gasteiger partial charge < -0.3 is 5.11 Å². The van der Waals surface area contributed by atoms with Gasteiger partial charge >= 0.3 is 0 Å². The van der Waals surface area contributed by atoms with E-state index in [1.807, 2.05) is 30.3 Å². The number of fused-ring (bicyclic) bond motifs is 1. The normalized spacial score (nSPS) is 29.8. The van der Waals surface area contributed by atoms with E-state index in [4.69, 9.17) is 0 Å². The molecule has 3 rings (SSSR count). The maximum atomic E-state index is 11.9. The smallest absolute Gasteiger partial charge is 0.156 e. The van der Waals surface area contributed by atoms with E-state index in [-0.39, 0.29) is 11.6 Å². The summed E-state index contributed by atoms with van der Waals surface area (Å²) in [4.78, 5) is 23.7. The molecule has 0 bridgehead atoms. The molecule has 0 radical (unpaired) electrons. The summed E-state index contributed by atoms with van der Waals surface area (Å²) >= 11 is 0. The van der Waals surface area contributed by atoms with Crippen molar-refractivity contribution in [1.82, 2.24) is 0 Å². The van der Waals surface area contributed by atoms with Crippen LogP contribution in [0.5, 0.6) is 0 Å². The lowest BCUT2D eigenvalue weighted by atomic mass is 9.85. The fourth-order valence-electron chi connectivity index (χ4n) is 3.43. The Bertz CT molecular complexity index is 585. The Morgan fingerprint density at radius 1 is 1.32 bits per heavy atom. The van der Waals surface area contributed by atoms with Crippen LogP contribution in [0.2, 0.25) is 0 Å². The third-order valence-corrected chi connectivity index (χ3v) is 4.35. The summed E-state index contributed by atoms with van der Waals surface area (Å²) in [5, 5.41) is 10.9. The molecule has 1 aromatic rings. The highest BCUT2D eigenvalue weighted by atomic mass is 16.3. The molecule has 1 aromatic carbocycles. The Kier molecular flexibility index (Phi) is 2.68. The van der Waals surface area contributed by atoms with Crippen molar-refractivity contribution < 1.29 is 14.7 Å². The van der Waals surface area contributed by atoms with E-state index in [2.05, 4.69) is 0 Å². The van der Waals surface area contributed by atoms with E-state index in [9.17, 15) is 14.7 Å². The first-order chi connectivity index (χ1) is 9.04. The van der Waals surface area contributed by atoms with E-state index < -0.39 is 11.5 Å².